The Morgan fingerprint density at radius 1 is 1.30 bits per heavy atom. The number of Topliss-reactive ketones (excluding diaryl/α,β-unsaturated/α-hetero) is 1. The summed E-state index contributed by atoms with van der Waals surface area (Å²) in [6.45, 7) is 3.87. The summed E-state index contributed by atoms with van der Waals surface area (Å²) in [5, 5.41) is 4.78. The van der Waals surface area contributed by atoms with E-state index in [1.165, 1.54) is 17.3 Å². The molecule has 2 aromatic rings. The third kappa shape index (κ3) is 4.42. The van der Waals surface area contributed by atoms with Crippen molar-refractivity contribution in [2.24, 2.45) is 5.41 Å². The van der Waals surface area contributed by atoms with Gasteiger partial charge < -0.3 is 4.90 Å². The zero-order valence-electron chi connectivity index (χ0n) is 13.8. The summed E-state index contributed by atoms with van der Waals surface area (Å²) in [5.41, 5.74) is 0.976. The number of carbonyl (C=O) groups is 1. The maximum absolute atomic E-state index is 13.1. The summed E-state index contributed by atoms with van der Waals surface area (Å²) >= 11 is 5.92. The summed E-state index contributed by atoms with van der Waals surface area (Å²) in [6.07, 6.45) is 5.33. The van der Waals surface area contributed by atoms with E-state index < -0.39 is 5.41 Å². The Labute approximate surface area is 141 Å². The molecular formula is C17H21ClN4O. The molecule has 0 N–H and O–H groups in total. The average molecular weight is 333 g/mol. The van der Waals surface area contributed by atoms with E-state index in [9.17, 15) is 4.79 Å². The summed E-state index contributed by atoms with van der Waals surface area (Å²) in [7, 11) is 3.74. The van der Waals surface area contributed by atoms with E-state index in [0.29, 0.717) is 17.1 Å². The zero-order chi connectivity index (χ0) is 17.0. The van der Waals surface area contributed by atoms with Gasteiger partial charge in [0.05, 0.1) is 0 Å². The van der Waals surface area contributed by atoms with E-state index in [0.717, 1.165) is 5.56 Å². The molecule has 0 fully saturated rings. The molecule has 0 spiro atoms. The number of allylic oxidation sites excluding steroid dienone is 1. The van der Waals surface area contributed by atoms with Gasteiger partial charge >= 0.3 is 0 Å². The third-order valence-corrected chi connectivity index (χ3v) is 3.70. The molecule has 122 valence electrons. The number of hydrogen-bond acceptors (Lipinski definition) is 4. The molecule has 1 aromatic heterocycles. The first kappa shape index (κ1) is 17.2. The first-order valence-corrected chi connectivity index (χ1v) is 7.70. The summed E-state index contributed by atoms with van der Waals surface area (Å²) in [5.74, 6) is 0.00616. The maximum Gasteiger partial charge on any atom is 0.188 e. The van der Waals surface area contributed by atoms with Gasteiger partial charge in [-0.2, -0.15) is 5.10 Å². The van der Waals surface area contributed by atoms with Gasteiger partial charge in [-0.1, -0.05) is 37.6 Å². The first-order valence-electron chi connectivity index (χ1n) is 7.32. The number of benzene rings is 1. The Balaban J connectivity index is 2.29. The van der Waals surface area contributed by atoms with Gasteiger partial charge in [-0.3, -0.25) is 4.79 Å². The summed E-state index contributed by atoms with van der Waals surface area (Å²) < 4.78 is 1.51. The molecule has 5 nitrogen and oxygen atoms in total. The topological polar surface area (TPSA) is 51.0 Å². The van der Waals surface area contributed by atoms with E-state index >= 15 is 0 Å². The average Bonchev–Trinajstić information content (AvgIpc) is 3.00. The minimum Gasteiger partial charge on any atom is -0.382 e. The van der Waals surface area contributed by atoms with Crippen LogP contribution in [-0.2, 0) is 11.2 Å². The molecule has 0 unspecified atom stereocenters. The lowest BCUT2D eigenvalue weighted by Gasteiger charge is -2.25. The molecule has 0 bridgehead atoms. The highest BCUT2D eigenvalue weighted by Gasteiger charge is 2.32. The van der Waals surface area contributed by atoms with Gasteiger partial charge in [0.15, 0.2) is 5.78 Å². The second kappa shape index (κ2) is 6.96. The monoisotopic (exact) mass is 332 g/mol. The molecule has 0 saturated carbocycles. The maximum atomic E-state index is 13.1. The number of nitrogens with zero attached hydrogens (tertiary/aromatic N) is 4. The van der Waals surface area contributed by atoms with Crippen LogP contribution in [-0.4, -0.2) is 39.5 Å². The Bertz CT molecular complexity index is 688. The SMILES string of the molecule is CN(C)/C=C(/C(=O)C(C)(C)Cc1ccc(Cl)cc1)n1cncn1. The van der Waals surface area contributed by atoms with E-state index in [1.807, 2.05) is 57.1 Å². The van der Waals surface area contributed by atoms with Gasteiger partial charge in [0, 0.05) is 30.7 Å². The molecule has 2 rings (SSSR count). The highest BCUT2D eigenvalue weighted by Crippen LogP contribution is 2.28. The Kier molecular flexibility index (Phi) is 5.21. The van der Waals surface area contributed by atoms with Crippen LogP contribution in [0.4, 0.5) is 0 Å². The number of aromatic nitrogens is 3. The van der Waals surface area contributed by atoms with Crippen molar-refractivity contribution in [2.45, 2.75) is 20.3 Å². The molecule has 0 atom stereocenters. The first-order chi connectivity index (χ1) is 10.8. The van der Waals surface area contributed by atoms with Crippen LogP contribution in [0, 0.1) is 5.41 Å². The van der Waals surface area contributed by atoms with Gasteiger partial charge in [-0.05, 0) is 24.1 Å². The zero-order valence-corrected chi connectivity index (χ0v) is 14.6. The molecule has 23 heavy (non-hydrogen) atoms. The van der Waals surface area contributed by atoms with Crippen LogP contribution in [0.25, 0.3) is 5.70 Å². The van der Waals surface area contributed by atoms with Crippen molar-refractivity contribution < 1.29 is 4.79 Å². The molecule has 1 aromatic carbocycles. The molecular weight excluding hydrogens is 312 g/mol. The fourth-order valence-corrected chi connectivity index (χ4v) is 2.46. The number of carbonyl (C=O) groups excluding carboxylic acids is 1. The second-order valence-corrected chi connectivity index (χ2v) is 6.77. The number of hydrogen-bond donors (Lipinski definition) is 0. The number of ketones is 1. The van der Waals surface area contributed by atoms with Crippen LogP contribution in [0.1, 0.15) is 19.4 Å². The normalized spacial score (nSPS) is 12.3. The fraction of sp³-hybridized carbons (Fsp3) is 0.353. The van der Waals surface area contributed by atoms with Crippen molar-refractivity contribution >= 4 is 23.1 Å². The van der Waals surface area contributed by atoms with Crippen molar-refractivity contribution in [2.75, 3.05) is 14.1 Å². The summed E-state index contributed by atoms with van der Waals surface area (Å²) in [4.78, 5) is 18.8. The third-order valence-electron chi connectivity index (χ3n) is 3.45. The lowest BCUT2D eigenvalue weighted by Crippen LogP contribution is -2.30. The predicted molar refractivity (Wildman–Crippen MR) is 91.9 cm³/mol. The molecule has 0 aliphatic heterocycles. The highest BCUT2D eigenvalue weighted by atomic mass is 35.5. The second-order valence-electron chi connectivity index (χ2n) is 6.33. The van der Waals surface area contributed by atoms with Crippen LogP contribution >= 0.6 is 11.6 Å². The lowest BCUT2D eigenvalue weighted by molar-refractivity contribution is -0.121. The van der Waals surface area contributed by atoms with Crippen molar-refractivity contribution in [3.05, 3.63) is 53.7 Å². The molecule has 0 amide bonds. The van der Waals surface area contributed by atoms with Gasteiger partial charge in [0.25, 0.3) is 0 Å². The van der Waals surface area contributed by atoms with Crippen LogP contribution in [0.3, 0.4) is 0 Å². The molecule has 0 aliphatic carbocycles. The summed E-state index contributed by atoms with van der Waals surface area (Å²) in [6, 6.07) is 7.57. The molecule has 0 radical (unpaired) electrons. The molecule has 1 heterocycles. The largest absolute Gasteiger partial charge is 0.382 e. The number of rotatable bonds is 6. The van der Waals surface area contributed by atoms with E-state index in [4.69, 9.17) is 11.6 Å². The van der Waals surface area contributed by atoms with Crippen molar-refractivity contribution in [1.29, 1.82) is 0 Å². The molecule has 0 saturated heterocycles. The Hall–Kier alpha value is -2.14. The Morgan fingerprint density at radius 2 is 1.96 bits per heavy atom. The van der Waals surface area contributed by atoms with E-state index in [2.05, 4.69) is 10.1 Å². The lowest BCUT2D eigenvalue weighted by atomic mass is 9.80. The number of halogens is 1. The van der Waals surface area contributed by atoms with Crippen molar-refractivity contribution in [1.82, 2.24) is 19.7 Å². The van der Waals surface area contributed by atoms with Crippen LogP contribution < -0.4 is 0 Å². The smallest absolute Gasteiger partial charge is 0.188 e. The van der Waals surface area contributed by atoms with Crippen LogP contribution in [0.5, 0.6) is 0 Å². The minimum absolute atomic E-state index is 0.00616. The molecule has 0 aliphatic rings. The fourth-order valence-electron chi connectivity index (χ4n) is 2.34. The van der Waals surface area contributed by atoms with Gasteiger partial charge in [-0.25, -0.2) is 9.67 Å². The minimum atomic E-state index is -0.582. The van der Waals surface area contributed by atoms with Gasteiger partial charge in [0.2, 0.25) is 0 Å². The predicted octanol–water partition coefficient (Wildman–Crippen LogP) is 3.13. The van der Waals surface area contributed by atoms with Gasteiger partial charge in [0.1, 0.15) is 18.4 Å². The van der Waals surface area contributed by atoms with Crippen LogP contribution in [0.2, 0.25) is 5.02 Å². The Morgan fingerprint density at radius 3 is 2.48 bits per heavy atom. The van der Waals surface area contributed by atoms with Gasteiger partial charge in [-0.15, -0.1) is 0 Å². The van der Waals surface area contributed by atoms with Crippen molar-refractivity contribution in [3.8, 4) is 0 Å². The van der Waals surface area contributed by atoms with Crippen LogP contribution in [0.15, 0.2) is 43.1 Å². The van der Waals surface area contributed by atoms with E-state index in [-0.39, 0.29) is 5.78 Å². The standard InChI is InChI=1S/C17H21ClN4O/c1-17(2,9-13-5-7-14(18)8-6-13)16(23)15(10-21(3)4)22-12-19-11-20-22/h5-8,10-12H,9H2,1-4H3/b15-10-. The van der Waals surface area contributed by atoms with Crippen molar-refractivity contribution in [3.63, 3.8) is 0 Å². The quantitative estimate of drug-likeness (QED) is 0.763. The highest BCUT2D eigenvalue weighted by molar-refractivity contribution is 6.30. The van der Waals surface area contributed by atoms with E-state index in [1.54, 1.807) is 6.20 Å². The molecule has 6 heteroatoms.